The number of nitrogens with zero attached hydrogens (tertiary/aromatic N) is 1. The summed E-state index contributed by atoms with van der Waals surface area (Å²) in [5.74, 6) is 2.44. The molecule has 1 N–H and O–H groups in total. The van der Waals surface area contributed by atoms with E-state index < -0.39 is 0 Å². The minimum Gasteiger partial charge on any atom is -0.497 e. The van der Waals surface area contributed by atoms with E-state index in [1.165, 1.54) is 0 Å². The smallest absolute Gasteiger partial charge is 0.137 e. The van der Waals surface area contributed by atoms with Gasteiger partial charge < -0.3 is 14.8 Å². The lowest BCUT2D eigenvalue weighted by molar-refractivity contribution is 0.404. The molecule has 2 rings (SSSR count). The summed E-state index contributed by atoms with van der Waals surface area (Å²) in [6.07, 6.45) is 0. The van der Waals surface area contributed by atoms with Gasteiger partial charge in [0.2, 0.25) is 0 Å². The van der Waals surface area contributed by atoms with Gasteiger partial charge in [-0.1, -0.05) is 0 Å². The van der Waals surface area contributed by atoms with E-state index in [-0.39, 0.29) is 0 Å². The van der Waals surface area contributed by atoms with Gasteiger partial charge in [0.15, 0.2) is 0 Å². The summed E-state index contributed by atoms with van der Waals surface area (Å²) >= 11 is 1.57. The van der Waals surface area contributed by atoms with Crippen LogP contribution in [-0.2, 0) is 0 Å². The predicted molar refractivity (Wildman–Crippen MR) is 70.2 cm³/mol. The first-order chi connectivity index (χ1) is 8.28. The minimum atomic E-state index is 0.794. The van der Waals surface area contributed by atoms with E-state index >= 15 is 0 Å². The van der Waals surface area contributed by atoms with Crippen molar-refractivity contribution in [3.8, 4) is 22.1 Å². The molecule has 0 aliphatic carbocycles. The molecule has 5 heteroatoms. The van der Waals surface area contributed by atoms with Crippen molar-refractivity contribution in [2.45, 2.75) is 0 Å². The highest BCUT2D eigenvalue weighted by molar-refractivity contribution is 7.13. The fourth-order valence-electron chi connectivity index (χ4n) is 1.49. The third-order valence-electron chi connectivity index (χ3n) is 2.40. The van der Waals surface area contributed by atoms with Crippen LogP contribution >= 0.6 is 11.3 Å². The lowest BCUT2D eigenvalue weighted by atomic mass is 10.2. The number of hydrogen-bond donors (Lipinski definition) is 1. The summed E-state index contributed by atoms with van der Waals surface area (Å²) in [7, 11) is 5.14. The van der Waals surface area contributed by atoms with Crippen LogP contribution in [0.1, 0.15) is 0 Å². The zero-order valence-electron chi connectivity index (χ0n) is 9.98. The van der Waals surface area contributed by atoms with Gasteiger partial charge in [0.1, 0.15) is 22.3 Å². The zero-order chi connectivity index (χ0) is 12.3. The molecule has 1 aromatic carbocycles. The summed E-state index contributed by atoms with van der Waals surface area (Å²) in [6, 6.07) is 5.68. The Balaban J connectivity index is 2.47. The van der Waals surface area contributed by atoms with E-state index in [0.717, 1.165) is 27.9 Å². The molecule has 0 saturated heterocycles. The van der Waals surface area contributed by atoms with Crippen LogP contribution in [0.25, 0.3) is 10.6 Å². The van der Waals surface area contributed by atoms with Gasteiger partial charge in [-0.15, -0.1) is 11.3 Å². The van der Waals surface area contributed by atoms with Gasteiger partial charge in [0, 0.05) is 12.4 Å². The average Bonchev–Trinajstić information content (AvgIpc) is 2.86. The normalized spacial score (nSPS) is 10.1. The number of aromatic nitrogens is 1. The van der Waals surface area contributed by atoms with Crippen molar-refractivity contribution in [3.05, 3.63) is 23.6 Å². The van der Waals surface area contributed by atoms with Crippen LogP contribution < -0.4 is 14.8 Å². The first kappa shape index (κ1) is 11.7. The molecule has 0 atom stereocenters. The Kier molecular flexibility index (Phi) is 3.49. The van der Waals surface area contributed by atoms with Crippen LogP contribution in [0.5, 0.6) is 11.5 Å². The molecule has 0 amide bonds. The van der Waals surface area contributed by atoms with Crippen LogP contribution in [0.2, 0.25) is 0 Å². The third kappa shape index (κ3) is 2.34. The molecular weight excluding hydrogens is 236 g/mol. The Hall–Kier alpha value is -1.75. The highest BCUT2D eigenvalue weighted by Gasteiger charge is 2.11. The summed E-state index contributed by atoms with van der Waals surface area (Å²) in [4.78, 5) is 4.45. The van der Waals surface area contributed by atoms with E-state index in [1.54, 1.807) is 25.6 Å². The number of nitrogens with one attached hydrogen (secondary N) is 1. The number of thiazole rings is 1. The number of hydrogen-bond acceptors (Lipinski definition) is 5. The molecule has 2 aromatic rings. The standard InChI is InChI=1S/C12H14N2O2S/c1-13-11-7-17-12(14-11)9-6-8(15-2)4-5-10(9)16-3/h4-7,13H,1-3H3. The molecule has 0 bridgehead atoms. The van der Waals surface area contributed by atoms with E-state index in [2.05, 4.69) is 10.3 Å². The molecule has 0 unspecified atom stereocenters. The van der Waals surface area contributed by atoms with Gasteiger partial charge in [0.05, 0.1) is 19.8 Å². The Bertz CT molecular complexity index is 511. The largest absolute Gasteiger partial charge is 0.497 e. The summed E-state index contributed by atoms with van der Waals surface area (Å²) in [6.45, 7) is 0. The summed E-state index contributed by atoms with van der Waals surface area (Å²) < 4.78 is 10.5. The molecule has 0 spiro atoms. The second-order valence-corrected chi connectivity index (χ2v) is 4.21. The lowest BCUT2D eigenvalue weighted by Crippen LogP contribution is -1.91. The second-order valence-electron chi connectivity index (χ2n) is 3.35. The monoisotopic (exact) mass is 250 g/mol. The number of benzene rings is 1. The topological polar surface area (TPSA) is 43.4 Å². The summed E-state index contributed by atoms with van der Waals surface area (Å²) in [5.41, 5.74) is 0.943. The first-order valence-corrected chi connectivity index (χ1v) is 6.02. The van der Waals surface area contributed by atoms with Crippen molar-refractivity contribution in [1.82, 2.24) is 4.98 Å². The van der Waals surface area contributed by atoms with Crippen molar-refractivity contribution in [2.75, 3.05) is 26.6 Å². The zero-order valence-corrected chi connectivity index (χ0v) is 10.8. The quantitative estimate of drug-likeness (QED) is 0.906. The predicted octanol–water partition coefficient (Wildman–Crippen LogP) is 2.87. The fourth-order valence-corrected chi connectivity index (χ4v) is 2.32. The van der Waals surface area contributed by atoms with Gasteiger partial charge >= 0.3 is 0 Å². The van der Waals surface area contributed by atoms with Gasteiger partial charge in [-0.05, 0) is 18.2 Å². The van der Waals surface area contributed by atoms with Gasteiger partial charge in [-0.2, -0.15) is 0 Å². The van der Waals surface area contributed by atoms with Crippen LogP contribution in [0.15, 0.2) is 23.6 Å². The molecule has 1 aromatic heterocycles. The van der Waals surface area contributed by atoms with Crippen molar-refractivity contribution in [3.63, 3.8) is 0 Å². The van der Waals surface area contributed by atoms with Crippen LogP contribution in [-0.4, -0.2) is 26.3 Å². The van der Waals surface area contributed by atoms with Crippen LogP contribution in [0, 0.1) is 0 Å². The van der Waals surface area contributed by atoms with Crippen molar-refractivity contribution < 1.29 is 9.47 Å². The molecule has 0 saturated carbocycles. The van der Waals surface area contributed by atoms with E-state index in [4.69, 9.17) is 9.47 Å². The SMILES string of the molecule is CNc1csc(-c2cc(OC)ccc2OC)n1. The Labute approximate surface area is 104 Å². The first-order valence-electron chi connectivity index (χ1n) is 5.14. The number of methoxy groups -OCH3 is 2. The second kappa shape index (κ2) is 5.05. The molecule has 0 aliphatic rings. The van der Waals surface area contributed by atoms with E-state index in [9.17, 15) is 0 Å². The number of ether oxygens (including phenoxy) is 2. The molecule has 90 valence electrons. The molecule has 0 aliphatic heterocycles. The molecule has 0 radical (unpaired) electrons. The Morgan fingerprint density at radius 2 is 2.06 bits per heavy atom. The van der Waals surface area contributed by atoms with Crippen molar-refractivity contribution in [2.24, 2.45) is 0 Å². The minimum absolute atomic E-state index is 0.794. The maximum atomic E-state index is 5.33. The molecular formula is C12H14N2O2S. The van der Waals surface area contributed by atoms with E-state index in [1.807, 2.05) is 30.6 Å². The number of rotatable bonds is 4. The highest BCUT2D eigenvalue weighted by Crippen LogP contribution is 2.35. The summed E-state index contributed by atoms with van der Waals surface area (Å²) in [5, 5.41) is 5.88. The van der Waals surface area contributed by atoms with Gasteiger partial charge in [-0.3, -0.25) is 0 Å². The maximum Gasteiger partial charge on any atom is 0.137 e. The van der Waals surface area contributed by atoms with Crippen molar-refractivity contribution >= 4 is 17.2 Å². The van der Waals surface area contributed by atoms with Crippen LogP contribution in [0.3, 0.4) is 0 Å². The highest BCUT2D eigenvalue weighted by atomic mass is 32.1. The molecule has 17 heavy (non-hydrogen) atoms. The number of anilines is 1. The fraction of sp³-hybridized carbons (Fsp3) is 0.250. The van der Waals surface area contributed by atoms with Gasteiger partial charge in [-0.25, -0.2) is 4.98 Å². The molecule has 1 heterocycles. The van der Waals surface area contributed by atoms with Crippen LogP contribution in [0.4, 0.5) is 5.82 Å². The van der Waals surface area contributed by atoms with Crippen molar-refractivity contribution in [1.29, 1.82) is 0 Å². The average molecular weight is 250 g/mol. The lowest BCUT2D eigenvalue weighted by Gasteiger charge is -2.08. The van der Waals surface area contributed by atoms with E-state index in [0.29, 0.717) is 0 Å². The third-order valence-corrected chi connectivity index (χ3v) is 3.27. The Morgan fingerprint density at radius 1 is 1.24 bits per heavy atom. The molecule has 0 fully saturated rings. The van der Waals surface area contributed by atoms with Gasteiger partial charge in [0.25, 0.3) is 0 Å². The Morgan fingerprint density at radius 3 is 2.65 bits per heavy atom. The maximum absolute atomic E-state index is 5.33. The molecule has 4 nitrogen and oxygen atoms in total.